The predicted octanol–water partition coefficient (Wildman–Crippen LogP) is 4.21. The molecule has 0 unspecified atom stereocenters. The van der Waals surface area contributed by atoms with Gasteiger partial charge in [0.2, 0.25) is 0 Å². The van der Waals surface area contributed by atoms with E-state index in [9.17, 15) is 0 Å². The van der Waals surface area contributed by atoms with Crippen molar-refractivity contribution in [3.63, 3.8) is 0 Å². The third-order valence-electron chi connectivity index (χ3n) is 8.86. The van der Waals surface area contributed by atoms with Gasteiger partial charge < -0.3 is 0 Å². The number of hydrogen-bond acceptors (Lipinski definition) is 5. The van der Waals surface area contributed by atoms with E-state index in [0.29, 0.717) is 0 Å². The Morgan fingerprint density at radius 1 is 0.476 bits per heavy atom. The van der Waals surface area contributed by atoms with Gasteiger partial charge in [-0.15, -0.1) is 0 Å². The van der Waals surface area contributed by atoms with Crippen LogP contribution in [0.2, 0.25) is 0 Å². The van der Waals surface area contributed by atoms with Crippen LogP contribution < -0.4 is 43.9 Å². The fourth-order valence-corrected chi connectivity index (χ4v) is 21.0. The van der Waals surface area contributed by atoms with Crippen molar-refractivity contribution in [1.82, 2.24) is 4.98 Å². The molecule has 0 saturated heterocycles. The molecule has 0 spiro atoms. The average Bonchev–Trinajstić information content (AvgIpc) is 3.04. The van der Waals surface area contributed by atoms with Crippen LogP contribution in [0, 0.1) is 0 Å². The number of nitrogens with zero attached hydrogens (tertiary/aromatic N) is 2. The summed E-state index contributed by atoms with van der Waals surface area (Å²) in [7, 11) is 0. The average molecular weight is 656 g/mol. The summed E-state index contributed by atoms with van der Waals surface area (Å²) in [6, 6.07) is 42.9. The molecule has 0 aliphatic carbocycles. The van der Waals surface area contributed by atoms with Crippen LogP contribution in [0.1, 0.15) is 0 Å². The Hall–Kier alpha value is -4.28. The Morgan fingerprint density at radius 2 is 1.12 bits per heavy atom. The van der Waals surface area contributed by atoms with E-state index in [1.54, 1.807) is 0 Å². The molecular formula is C35H20Ga2N2O3. The number of ether oxygens (including phenoxy) is 3. The first kappa shape index (κ1) is 23.3. The Kier molecular flexibility index (Phi) is 4.78. The molecule has 5 aromatic carbocycles. The molecule has 1 aromatic heterocycles. The van der Waals surface area contributed by atoms with Crippen LogP contribution in [0.5, 0.6) is 34.6 Å². The number of para-hydroxylation sites is 3. The molecule has 6 aromatic rings. The van der Waals surface area contributed by atoms with E-state index in [1.165, 1.54) is 32.0 Å². The topological polar surface area (TPSA) is 43.8 Å². The second-order valence-corrected chi connectivity index (χ2v) is 22.2. The van der Waals surface area contributed by atoms with Crippen molar-refractivity contribution in [3.8, 4) is 34.6 Å². The van der Waals surface area contributed by atoms with Crippen molar-refractivity contribution in [2.75, 3.05) is 4.90 Å². The van der Waals surface area contributed by atoms with Gasteiger partial charge in [0, 0.05) is 0 Å². The number of aromatic nitrogens is 1. The summed E-state index contributed by atoms with van der Waals surface area (Å²) in [6.07, 6.45) is 0. The summed E-state index contributed by atoms with van der Waals surface area (Å²) in [4.78, 5) is 7.78. The van der Waals surface area contributed by atoms with Gasteiger partial charge in [0.15, 0.2) is 0 Å². The first-order valence-electron chi connectivity index (χ1n) is 14.2. The van der Waals surface area contributed by atoms with Gasteiger partial charge in [-0.25, -0.2) is 0 Å². The van der Waals surface area contributed by atoms with Crippen LogP contribution in [-0.4, -0.2) is 37.4 Å². The molecule has 5 heterocycles. The molecule has 7 heteroatoms. The van der Waals surface area contributed by atoms with Crippen LogP contribution in [-0.2, 0) is 0 Å². The Bertz CT molecular complexity index is 2120. The van der Waals surface area contributed by atoms with E-state index in [4.69, 9.17) is 19.2 Å². The Morgan fingerprint density at radius 3 is 1.98 bits per heavy atom. The normalized spacial score (nSPS) is 14.1. The van der Waals surface area contributed by atoms with Crippen LogP contribution in [0.25, 0.3) is 0 Å². The molecule has 10 rings (SSSR count). The van der Waals surface area contributed by atoms with Crippen molar-refractivity contribution in [1.29, 1.82) is 0 Å². The van der Waals surface area contributed by atoms with Crippen LogP contribution >= 0.6 is 0 Å². The molecule has 42 heavy (non-hydrogen) atoms. The zero-order valence-electron chi connectivity index (χ0n) is 22.3. The second kappa shape index (κ2) is 8.62. The molecule has 194 valence electrons. The molecule has 0 radical (unpaired) electrons. The van der Waals surface area contributed by atoms with Gasteiger partial charge in [-0.2, -0.15) is 0 Å². The molecular weight excluding hydrogens is 636 g/mol. The third kappa shape index (κ3) is 3.11. The Labute approximate surface area is 253 Å². The van der Waals surface area contributed by atoms with E-state index in [-0.39, 0.29) is 0 Å². The summed E-state index contributed by atoms with van der Waals surface area (Å²) in [5, 5.41) is 0. The first-order valence-corrected chi connectivity index (χ1v) is 21.5. The molecule has 0 amide bonds. The van der Waals surface area contributed by atoms with Gasteiger partial charge in [0.1, 0.15) is 0 Å². The fourth-order valence-electron chi connectivity index (χ4n) is 7.17. The molecule has 0 saturated carbocycles. The molecule has 4 aliphatic heterocycles. The molecule has 4 aliphatic rings. The van der Waals surface area contributed by atoms with Gasteiger partial charge in [-0.1, -0.05) is 0 Å². The maximum absolute atomic E-state index is 6.76. The van der Waals surface area contributed by atoms with Crippen molar-refractivity contribution >= 4 is 74.3 Å². The number of anilines is 3. The van der Waals surface area contributed by atoms with Gasteiger partial charge in [-0.05, 0) is 0 Å². The van der Waals surface area contributed by atoms with E-state index < -0.39 is 32.4 Å². The number of fused-ring (bicyclic) bond motifs is 8. The SMILES string of the molecule is c1ccc(N2c3cccc[c]3[Ga]3[c]4cc5[c](nc4Oc4cccc2[c]43)[Ga]2[c]3ccccc3Oc3cccc([c]32)O5)cc1. The standard InChI is InChI=1S/C35H20N2O3.2Ga/c1-4-12-27(13-5-1)37(28-14-6-2-7-15-28)29-16-10-19-31(24-29)40-35-23-22-34(26-36-35)39-33-21-11-20-32(25-33)38-30-17-8-3-9-18-30;;/h1-14,16-17,19-22H;;. The van der Waals surface area contributed by atoms with Gasteiger partial charge in [0.25, 0.3) is 0 Å². The summed E-state index contributed by atoms with van der Waals surface area (Å²) < 4.78 is 27.3. The zero-order valence-corrected chi connectivity index (χ0v) is 27.2. The Balaban J connectivity index is 1.21. The van der Waals surface area contributed by atoms with Gasteiger partial charge >= 0.3 is 254 Å². The second-order valence-electron chi connectivity index (χ2n) is 11.1. The van der Waals surface area contributed by atoms with Gasteiger partial charge in [0.05, 0.1) is 0 Å². The van der Waals surface area contributed by atoms with Crippen LogP contribution in [0.3, 0.4) is 0 Å². The third-order valence-corrected chi connectivity index (χ3v) is 22.5. The maximum atomic E-state index is 6.76. The van der Waals surface area contributed by atoms with E-state index in [0.717, 1.165) is 44.6 Å². The molecule has 5 nitrogen and oxygen atoms in total. The predicted molar refractivity (Wildman–Crippen MR) is 168 cm³/mol. The van der Waals surface area contributed by atoms with Gasteiger partial charge in [-0.3, -0.25) is 0 Å². The van der Waals surface area contributed by atoms with Crippen LogP contribution in [0.15, 0.2) is 121 Å². The number of hydrogen-bond donors (Lipinski definition) is 0. The fraction of sp³-hybridized carbons (Fsp3) is 0. The number of benzene rings is 5. The number of rotatable bonds is 1. The molecule has 0 atom stereocenters. The molecule has 0 bridgehead atoms. The summed E-state index contributed by atoms with van der Waals surface area (Å²) in [5.41, 5.74) is 3.60. The summed E-state index contributed by atoms with van der Waals surface area (Å²) in [6.45, 7) is 0. The monoisotopic (exact) mass is 654 g/mol. The van der Waals surface area contributed by atoms with E-state index in [2.05, 4.69) is 114 Å². The van der Waals surface area contributed by atoms with Crippen molar-refractivity contribution in [3.05, 3.63) is 121 Å². The summed E-state index contributed by atoms with van der Waals surface area (Å²) in [5.74, 6) is 5.33. The molecule has 0 fully saturated rings. The summed E-state index contributed by atoms with van der Waals surface area (Å²) >= 11 is -5.24. The van der Waals surface area contributed by atoms with Crippen molar-refractivity contribution in [2.24, 2.45) is 0 Å². The van der Waals surface area contributed by atoms with Crippen LogP contribution in [0.4, 0.5) is 17.1 Å². The van der Waals surface area contributed by atoms with Crippen molar-refractivity contribution < 1.29 is 14.2 Å². The van der Waals surface area contributed by atoms with Crippen molar-refractivity contribution in [2.45, 2.75) is 0 Å². The zero-order chi connectivity index (χ0) is 27.4. The quantitative estimate of drug-likeness (QED) is 0.248. The minimum atomic E-state index is -2.63. The van der Waals surface area contributed by atoms with E-state index >= 15 is 0 Å². The first-order chi connectivity index (χ1) is 20.8. The van der Waals surface area contributed by atoms with E-state index in [1.807, 2.05) is 12.1 Å². The minimum absolute atomic E-state index is 0.755. The molecule has 0 N–H and O–H groups in total. The number of pyridine rings is 1.